The molecule has 2 aromatic carbocycles. The van der Waals surface area contributed by atoms with Crippen LogP contribution in [0.4, 0.5) is 10.1 Å². The quantitative estimate of drug-likeness (QED) is 0.240. The van der Waals surface area contributed by atoms with Crippen LogP contribution >= 0.6 is 24.0 Å². The van der Waals surface area contributed by atoms with Gasteiger partial charge < -0.3 is 20.3 Å². The maximum absolute atomic E-state index is 13.0. The van der Waals surface area contributed by atoms with E-state index in [-0.39, 0.29) is 42.3 Å². The SMILES string of the molecule is CCNC(=NCCCN1C(=O)COc2ccccc21)NCCc1ccc(F)cc1.I. The summed E-state index contributed by atoms with van der Waals surface area (Å²) in [6.07, 6.45) is 1.53. The maximum atomic E-state index is 13.0. The molecule has 0 aliphatic carbocycles. The second-order valence-electron chi connectivity index (χ2n) is 6.72. The first kappa shape index (κ1) is 23.9. The summed E-state index contributed by atoms with van der Waals surface area (Å²) >= 11 is 0. The lowest BCUT2D eigenvalue weighted by molar-refractivity contribution is -0.121. The Labute approximate surface area is 193 Å². The van der Waals surface area contributed by atoms with Gasteiger partial charge in [-0.1, -0.05) is 24.3 Å². The van der Waals surface area contributed by atoms with Gasteiger partial charge in [0.1, 0.15) is 11.6 Å². The molecule has 2 aromatic rings. The van der Waals surface area contributed by atoms with Crippen molar-refractivity contribution in [2.75, 3.05) is 37.7 Å². The summed E-state index contributed by atoms with van der Waals surface area (Å²) in [4.78, 5) is 18.6. The zero-order chi connectivity index (χ0) is 20.5. The number of carbonyl (C=O) groups is 1. The molecule has 0 fully saturated rings. The first-order chi connectivity index (χ1) is 14.2. The number of hydrogen-bond donors (Lipinski definition) is 2. The standard InChI is InChI=1S/C22H27FN4O2.HI/c1-2-24-22(26-14-12-17-8-10-18(23)11-9-17)25-13-5-15-27-19-6-3-4-7-20(19)29-16-21(27)28;/h3-4,6-11H,2,5,12-16H2,1H3,(H2,24,25,26);1H. The summed E-state index contributed by atoms with van der Waals surface area (Å²) in [5.41, 5.74) is 1.89. The molecule has 3 rings (SSSR count). The molecule has 1 aliphatic heterocycles. The van der Waals surface area contributed by atoms with Gasteiger partial charge in [0.05, 0.1) is 5.69 Å². The summed E-state index contributed by atoms with van der Waals surface area (Å²) in [5.74, 6) is 1.23. The monoisotopic (exact) mass is 526 g/mol. The van der Waals surface area contributed by atoms with Gasteiger partial charge in [-0.05, 0) is 49.6 Å². The third-order valence-electron chi connectivity index (χ3n) is 4.58. The molecule has 0 unspecified atom stereocenters. The number of carbonyl (C=O) groups excluding carboxylic acids is 1. The number of aliphatic imine (C=N–C) groups is 1. The number of rotatable bonds is 8. The van der Waals surface area contributed by atoms with E-state index in [4.69, 9.17) is 4.74 Å². The Morgan fingerprint density at radius 2 is 1.93 bits per heavy atom. The average molecular weight is 526 g/mol. The lowest BCUT2D eigenvalue weighted by Crippen LogP contribution is -2.40. The van der Waals surface area contributed by atoms with E-state index in [0.29, 0.717) is 19.6 Å². The van der Waals surface area contributed by atoms with Gasteiger partial charge in [-0.2, -0.15) is 0 Å². The van der Waals surface area contributed by atoms with Crippen LogP contribution in [0.15, 0.2) is 53.5 Å². The van der Waals surface area contributed by atoms with Gasteiger partial charge in [0.15, 0.2) is 12.6 Å². The normalized spacial score (nSPS) is 13.2. The molecule has 6 nitrogen and oxygen atoms in total. The van der Waals surface area contributed by atoms with Gasteiger partial charge in [0.25, 0.3) is 5.91 Å². The Kier molecular flexibility index (Phi) is 9.85. The minimum atomic E-state index is -0.224. The number of anilines is 1. The highest BCUT2D eigenvalue weighted by Crippen LogP contribution is 2.31. The lowest BCUT2D eigenvalue weighted by atomic mass is 10.1. The van der Waals surface area contributed by atoms with E-state index in [9.17, 15) is 9.18 Å². The molecule has 0 bridgehead atoms. The van der Waals surface area contributed by atoms with E-state index in [0.717, 1.165) is 42.3 Å². The van der Waals surface area contributed by atoms with Gasteiger partial charge in [-0.25, -0.2) is 4.39 Å². The highest BCUT2D eigenvalue weighted by molar-refractivity contribution is 14.0. The average Bonchev–Trinajstić information content (AvgIpc) is 2.73. The lowest BCUT2D eigenvalue weighted by Gasteiger charge is -2.29. The number of nitrogens with zero attached hydrogens (tertiary/aromatic N) is 2. The third kappa shape index (κ3) is 6.86. The highest BCUT2D eigenvalue weighted by atomic mass is 127. The van der Waals surface area contributed by atoms with Crippen LogP contribution in [-0.2, 0) is 11.2 Å². The molecule has 0 radical (unpaired) electrons. The Morgan fingerprint density at radius 3 is 2.70 bits per heavy atom. The number of amides is 1. The van der Waals surface area contributed by atoms with Crippen LogP contribution in [0.5, 0.6) is 5.75 Å². The van der Waals surface area contributed by atoms with Crippen molar-refractivity contribution in [3.63, 3.8) is 0 Å². The first-order valence-corrected chi connectivity index (χ1v) is 9.96. The van der Waals surface area contributed by atoms with Crippen molar-refractivity contribution in [1.82, 2.24) is 10.6 Å². The molecule has 1 amide bonds. The maximum Gasteiger partial charge on any atom is 0.265 e. The predicted molar refractivity (Wildman–Crippen MR) is 128 cm³/mol. The molecule has 0 spiro atoms. The fourth-order valence-corrected chi connectivity index (χ4v) is 3.14. The summed E-state index contributed by atoms with van der Waals surface area (Å²) in [7, 11) is 0. The van der Waals surface area contributed by atoms with Crippen molar-refractivity contribution < 1.29 is 13.9 Å². The molecule has 0 saturated carbocycles. The Bertz CT molecular complexity index is 845. The van der Waals surface area contributed by atoms with Gasteiger partial charge in [-0.3, -0.25) is 9.79 Å². The number of nitrogens with one attached hydrogen (secondary N) is 2. The van der Waals surface area contributed by atoms with E-state index in [2.05, 4.69) is 15.6 Å². The van der Waals surface area contributed by atoms with Gasteiger partial charge in [0.2, 0.25) is 0 Å². The molecule has 8 heteroatoms. The fraction of sp³-hybridized carbons (Fsp3) is 0.364. The zero-order valence-electron chi connectivity index (χ0n) is 17.1. The van der Waals surface area contributed by atoms with Crippen LogP contribution in [0.1, 0.15) is 18.9 Å². The molecule has 0 atom stereocenters. The number of benzene rings is 2. The van der Waals surface area contributed by atoms with Gasteiger partial charge in [0, 0.05) is 26.2 Å². The van der Waals surface area contributed by atoms with E-state index in [1.165, 1.54) is 12.1 Å². The fourth-order valence-electron chi connectivity index (χ4n) is 3.14. The van der Waals surface area contributed by atoms with Gasteiger partial charge >= 0.3 is 0 Å². The van der Waals surface area contributed by atoms with Crippen molar-refractivity contribution in [3.05, 3.63) is 59.9 Å². The molecule has 1 aliphatic rings. The molecule has 162 valence electrons. The number of fused-ring (bicyclic) bond motifs is 1. The highest BCUT2D eigenvalue weighted by Gasteiger charge is 2.24. The number of para-hydroxylation sites is 2. The van der Waals surface area contributed by atoms with Crippen molar-refractivity contribution in [1.29, 1.82) is 0 Å². The molecule has 0 aromatic heterocycles. The van der Waals surface area contributed by atoms with Crippen LogP contribution in [0.3, 0.4) is 0 Å². The Morgan fingerprint density at radius 1 is 1.17 bits per heavy atom. The Hall–Kier alpha value is -2.36. The van der Waals surface area contributed by atoms with E-state index >= 15 is 0 Å². The smallest absolute Gasteiger partial charge is 0.265 e. The molecule has 2 N–H and O–H groups in total. The van der Waals surface area contributed by atoms with E-state index in [1.54, 1.807) is 17.0 Å². The summed E-state index contributed by atoms with van der Waals surface area (Å²) in [6, 6.07) is 14.1. The summed E-state index contributed by atoms with van der Waals surface area (Å²) in [5, 5.41) is 6.51. The number of hydrogen-bond acceptors (Lipinski definition) is 3. The van der Waals surface area contributed by atoms with Crippen LogP contribution in [0, 0.1) is 5.82 Å². The number of halogens is 2. The molecule has 0 saturated heterocycles. The topological polar surface area (TPSA) is 66.0 Å². The predicted octanol–water partition coefficient (Wildman–Crippen LogP) is 3.36. The second kappa shape index (κ2) is 12.4. The van der Waals surface area contributed by atoms with Crippen LogP contribution in [-0.4, -0.2) is 44.7 Å². The van der Waals surface area contributed by atoms with Crippen LogP contribution in [0.25, 0.3) is 0 Å². The van der Waals surface area contributed by atoms with Crippen molar-refractivity contribution in [2.45, 2.75) is 19.8 Å². The van der Waals surface area contributed by atoms with Gasteiger partial charge in [-0.15, -0.1) is 24.0 Å². The first-order valence-electron chi connectivity index (χ1n) is 9.96. The number of guanidine groups is 1. The van der Waals surface area contributed by atoms with E-state index in [1.807, 2.05) is 31.2 Å². The summed E-state index contributed by atoms with van der Waals surface area (Å²) < 4.78 is 18.4. The van der Waals surface area contributed by atoms with Crippen LogP contribution < -0.4 is 20.3 Å². The summed E-state index contributed by atoms with van der Waals surface area (Å²) in [6.45, 7) is 4.75. The molecular weight excluding hydrogens is 498 g/mol. The number of ether oxygens (including phenoxy) is 1. The van der Waals surface area contributed by atoms with Crippen LogP contribution in [0.2, 0.25) is 0 Å². The second-order valence-corrected chi connectivity index (χ2v) is 6.72. The van der Waals surface area contributed by atoms with Crippen molar-refractivity contribution in [3.8, 4) is 5.75 Å². The molecular formula is C22H28FIN4O2. The zero-order valence-corrected chi connectivity index (χ0v) is 19.4. The minimum Gasteiger partial charge on any atom is -0.482 e. The van der Waals surface area contributed by atoms with Crippen molar-refractivity contribution in [2.24, 2.45) is 4.99 Å². The largest absolute Gasteiger partial charge is 0.482 e. The molecule has 30 heavy (non-hydrogen) atoms. The van der Waals surface area contributed by atoms with E-state index < -0.39 is 0 Å². The Balaban J connectivity index is 0.00000320. The third-order valence-corrected chi connectivity index (χ3v) is 4.58. The minimum absolute atomic E-state index is 0. The molecule has 1 heterocycles. The van der Waals surface area contributed by atoms with Crippen molar-refractivity contribution >= 4 is 41.5 Å².